The lowest BCUT2D eigenvalue weighted by atomic mass is 9.74. The van der Waals surface area contributed by atoms with Crippen molar-refractivity contribution in [2.24, 2.45) is 0 Å². The van der Waals surface area contributed by atoms with Crippen molar-refractivity contribution < 1.29 is 9.72 Å². The van der Waals surface area contributed by atoms with Gasteiger partial charge in [0.05, 0.1) is 9.95 Å². The fourth-order valence-corrected chi connectivity index (χ4v) is 2.91. The van der Waals surface area contributed by atoms with Crippen molar-refractivity contribution in [3.05, 3.63) is 32.8 Å². The van der Waals surface area contributed by atoms with Crippen LogP contribution < -0.4 is 10.6 Å². The van der Waals surface area contributed by atoms with E-state index in [9.17, 15) is 14.9 Å². The van der Waals surface area contributed by atoms with Gasteiger partial charge in [-0.1, -0.05) is 18.5 Å². The first-order valence-corrected chi connectivity index (χ1v) is 7.28. The first kappa shape index (κ1) is 15.6. The third kappa shape index (κ3) is 2.95. The van der Waals surface area contributed by atoms with Gasteiger partial charge in [0.1, 0.15) is 5.69 Å². The molecular formula is C14H18ClN3O3. The number of nitrogens with one attached hydrogen (secondary N) is 2. The lowest BCUT2D eigenvalue weighted by molar-refractivity contribution is -0.383. The second kappa shape index (κ2) is 5.89. The Morgan fingerprint density at radius 3 is 2.57 bits per heavy atom. The Bertz CT molecular complexity index is 580. The van der Waals surface area contributed by atoms with Gasteiger partial charge in [-0.25, -0.2) is 0 Å². The highest BCUT2D eigenvalue weighted by Crippen LogP contribution is 2.36. The van der Waals surface area contributed by atoms with Gasteiger partial charge in [-0.3, -0.25) is 14.9 Å². The molecule has 1 aliphatic carbocycles. The monoisotopic (exact) mass is 311 g/mol. The minimum Gasteiger partial charge on any atom is -0.381 e. The summed E-state index contributed by atoms with van der Waals surface area (Å²) < 4.78 is 0. The first-order valence-electron chi connectivity index (χ1n) is 6.90. The van der Waals surface area contributed by atoms with E-state index in [0.29, 0.717) is 0 Å². The molecule has 1 amide bonds. The van der Waals surface area contributed by atoms with Gasteiger partial charge >= 0.3 is 0 Å². The molecule has 114 valence electrons. The first-order chi connectivity index (χ1) is 9.92. The van der Waals surface area contributed by atoms with E-state index in [1.165, 1.54) is 12.1 Å². The van der Waals surface area contributed by atoms with Crippen molar-refractivity contribution in [3.8, 4) is 0 Å². The SMILES string of the molecule is CCC1(NC(=O)c2cc(Cl)c(NC)c([N+](=O)[O-])c2)CCC1. The smallest absolute Gasteiger partial charge is 0.294 e. The highest BCUT2D eigenvalue weighted by Gasteiger charge is 2.37. The second-order valence-corrected chi connectivity index (χ2v) is 5.71. The number of nitrogens with zero attached hydrogens (tertiary/aromatic N) is 1. The molecule has 1 aliphatic rings. The number of hydrogen-bond acceptors (Lipinski definition) is 4. The summed E-state index contributed by atoms with van der Waals surface area (Å²) in [6.45, 7) is 2.03. The molecule has 1 saturated carbocycles. The van der Waals surface area contributed by atoms with Crippen molar-refractivity contribution in [1.82, 2.24) is 5.32 Å². The van der Waals surface area contributed by atoms with E-state index in [4.69, 9.17) is 11.6 Å². The molecule has 1 aromatic carbocycles. The number of nitro groups is 1. The fourth-order valence-electron chi connectivity index (χ4n) is 2.60. The minimum atomic E-state index is -0.548. The van der Waals surface area contributed by atoms with Crippen LogP contribution in [0.1, 0.15) is 43.0 Å². The number of rotatable bonds is 5. The Hall–Kier alpha value is -1.82. The number of amides is 1. The quantitative estimate of drug-likeness (QED) is 0.645. The zero-order chi connectivity index (χ0) is 15.6. The average molecular weight is 312 g/mol. The van der Waals surface area contributed by atoms with Gasteiger partial charge in [0, 0.05) is 24.2 Å². The largest absolute Gasteiger partial charge is 0.381 e. The van der Waals surface area contributed by atoms with Crippen LogP contribution in [-0.2, 0) is 0 Å². The average Bonchev–Trinajstić information content (AvgIpc) is 2.41. The standard InChI is InChI=1S/C14H18ClN3O3/c1-3-14(5-4-6-14)17-13(19)9-7-10(15)12(16-2)11(8-9)18(20)21/h7-8,16H,3-6H2,1-2H3,(H,17,19). The van der Waals surface area contributed by atoms with Crippen molar-refractivity contribution in [2.45, 2.75) is 38.1 Å². The van der Waals surface area contributed by atoms with Crippen LogP contribution in [0.4, 0.5) is 11.4 Å². The maximum absolute atomic E-state index is 12.3. The number of carbonyl (C=O) groups excluding carboxylic acids is 1. The molecule has 0 atom stereocenters. The Morgan fingerprint density at radius 1 is 1.48 bits per heavy atom. The molecule has 2 N–H and O–H groups in total. The molecule has 1 aromatic rings. The van der Waals surface area contributed by atoms with Crippen LogP contribution in [0.25, 0.3) is 0 Å². The molecule has 0 bridgehead atoms. The molecule has 0 unspecified atom stereocenters. The van der Waals surface area contributed by atoms with E-state index in [0.717, 1.165) is 25.7 Å². The van der Waals surface area contributed by atoms with Crippen LogP contribution in [0, 0.1) is 10.1 Å². The summed E-state index contributed by atoms with van der Waals surface area (Å²) in [5, 5.41) is 16.9. The van der Waals surface area contributed by atoms with Gasteiger partial charge in [0.25, 0.3) is 11.6 Å². The van der Waals surface area contributed by atoms with E-state index in [-0.39, 0.29) is 33.4 Å². The highest BCUT2D eigenvalue weighted by molar-refractivity contribution is 6.34. The molecule has 0 aromatic heterocycles. The van der Waals surface area contributed by atoms with Crippen LogP contribution in [0.2, 0.25) is 5.02 Å². The molecule has 2 rings (SSSR count). The van der Waals surface area contributed by atoms with E-state index in [2.05, 4.69) is 10.6 Å². The van der Waals surface area contributed by atoms with Crippen LogP contribution in [-0.4, -0.2) is 23.4 Å². The van der Waals surface area contributed by atoms with Gasteiger partial charge in [-0.2, -0.15) is 0 Å². The Balaban J connectivity index is 2.31. The van der Waals surface area contributed by atoms with Gasteiger partial charge in [-0.15, -0.1) is 0 Å². The molecular weight excluding hydrogens is 294 g/mol. The summed E-state index contributed by atoms with van der Waals surface area (Å²) >= 11 is 6.03. The second-order valence-electron chi connectivity index (χ2n) is 5.30. The molecule has 21 heavy (non-hydrogen) atoms. The van der Waals surface area contributed by atoms with Gasteiger partial charge in [0.2, 0.25) is 0 Å². The summed E-state index contributed by atoms with van der Waals surface area (Å²) in [6, 6.07) is 2.72. The van der Waals surface area contributed by atoms with E-state index >= 15 is 0 Å². The number of halogens is 1. The molecule has 0 saturated heterocycles. The Labute approximate surface area is 128 Å². The summed E-state index contributed by atoms with van der Waals surface area (Å²) in [5.74, 6) is -0.316. The molecule has 0 aliphatic heterocycles. The lowest BCUT2D eigenvalue weighted by Gasteiger charge is -2.42. The van der Waals surface area contributed by atoms with Gasteiger partial charge in [-0.05, 0) is 31.7 Å². The van der Waals surface area contributed by atoms with Crippen molar-refractivity contribution in [3.63, 3.8) is 0 Å². The maximum atomic E-state index is 12.3. The number of nitro benzene ring substituents is 1. The van der Waals surface area contributed by atoms with Crippen LogP contribution in [0.15, 0.2) is 12.1 Å². The van der Waals surface area contributed by atoms with Crippen LogP contribution in [0.5, 0.6) is 0 Å². The third-order valence-electron chi connectivity index (χ3n) is 4.14. The van der Waals surface area contributed by atoms with E-state index < -0.39 is 4.92 Å². The number of benzene rings is 1. The van der Waals surface area contributed by atoms with Gasteiger partial charge in [0.15, 0.2) is 0 Å². The van der Waals surface area contributed by atoms with Crippen molar-refractivity contribution in [1.29, 1.82) is 0 Å². The summed E-state index contributed by atoms with van der Waals surface area (Å²) in [6.07, 6.45) is 3.83. The van der Waals surface area contributed by atoms with Crippen LogP contribution >= 0.6 is 11.6 Å². The predicted molar refractivity (Wildman–Crippen MR) is 82.0 cm³/mol. The molecule has 6 nitrogen and oxygen atoms in total. The summed E-state index contributed by atoms with van der Waals surface area (Å²) in [5.41, 5.74) is 0.0619. The van der Waals surface area contributed by atoms with E-state index in [1.807, 2.05) is 6.92 Å². The van der Waals surface area contributed by atoms with Crippen molar-refractivity contribution in [2.75, 3.05) is 12.4 Å². The zero-order valence-corrected chi connectivity index (χ0v) is 12.8. The maximum Gasteiger partial charge on any atom is 0.294 e. The number of anilines is 1. The summed E-state index contributed by atoms with van der Waals surface area (Å²) in [7, 11) is 1.55. The Kier molecular flexibility index (Phi) is 4.37. The van der Waals surface area contributed by atoms with Crippen LogP contribution in [0.3, 0.4) is 0 Å². The molecule has 7 heteroatoms. The fraction of sp³-hybridized carbons (Fsp3) is 0.500. The lowest BCUT2D eigenvalue weighted by Crippen LogP contribution is -2.52. The molecule has 0 heterocycles. The third-order valence-corrected chi connectivity index (χ3v) is 4.44. The topological polar surface area (TPSA) is 84.3 Å². The molecule has 0 radical (unpaired) electrons. The number of carbonyl (C=O) groups is 1. The van der Waals surface area contributed by atoms with E-state index in [1.54, 1.807) is 7.05 Å². The van der Waals surface area contributed by atoms with Gasteiger partial charge < -0.3 is 10.6 Å². The Morgan fingerprint density at radius 2 is 2.14 bits per heavy atom. The number of hydrogen-bond donors (Lipinski definition) is 2. The zero-order valence-electron chi connectivity index (χ0n) is 12.0. The molecule has 1 fully saturated rings. The highest BCUT2D eigenvalue weighted by atomic mass is 35.5. The normalized spacial score (nSPS) is 16.0. The van der Waals surface area contributed by atoms with Crippen molar-refractivity contribution >= 4 is 28.9 Å². The minimum absolute atomic E-state index is 0.163. The summed E-state index contributed by atoms with van der Waals surface area (Å²) in [4.78, 5) is 22.9. The molecule has 0 spiro atoms. The predicted octanol–water partition coefficient (Wildman–Crippen LogP) is 3.35.